The first-order valence-electron chi connectivity index (χ1n) is 5.70. The van der Waals surface area contributed by atoms with Crippen LogP contribution in [0.1, 0.15) is 10.5 Å². The first-order chi connectivity index (χ1) is 9.11. The third kappa shape index (κ3) is 2.82. The van der Waals surface area contributed by atoms with E-state index in [-0.39, 0.29) is 11.7 Å². The van der Waals surface area contributed by atoms with Gasteiger partial charge in [-0.05, 0) is 30.3 Å². The van der Waals surface area contributed by atoms with Crippen molar-refractivity contribution in [3.8, 4) is 11.6 Å². The van der Waals surface area contributed by atoms with Crippen LogP contribution in [-0.4, -0.2) is 30.2 Å². The van der Waals surface area contributed by atoms with Crippen LogP contribution in [0.5, 0.6) is 11.6 Å². The largest absolute Gasteiger partial charge is 0.508 e. The summed E-state index contributed by atoms with van der Waals surface area (Å²) in [6.45, 7) is 0. The summed E-state index contributed by atoms with van der Waals surface area (Å²) in [6, 6.07) is 11.4. The molecule has 5 nitrogen and oxygen atoms in total. The smallest absolute Gasteiger partial charge is 0.276 e. The van der Waals surface area contributed by atoms with Crippen LogP contribution in [0.3, 0.4) is 0 Å². The number of phenolic OH excluding ortho intramolecular Hbond substituents is 1. The lowest BCUT2D eigenvalue weighted by Crippen LogP contribution is -2.27. The Hall–Kier alpha value is -2.56. The maximum Gasteiger partial charge on any atom is 0.276 e. The number of nitrogens with zero attached hydrogens (tertiary/aromatic N) is 2. The van der Waals surface area contributed by atoms with Crippen LogP contribution in [0, 0.1) is 0 Å². The van der Waals surface area contributed by atoms with Gasteiger partial charge in [-0.25, -0.2) is 4.98 Å². The number of pyridine rings is 1. The summed E-state index contributed by atoms with van der Waals surface area (Å²) < 4.78 is 4.99. The molecule has 0 aliphatic carbocycles. The summed E-state index contributed by atoms with van der Waals surface area (Å²) in [5.74, 6) is 0.304. The molecule has 1 amide bonds. The minimum absolute atomic E-state index is 0.157. The predicted octanol–water partition coefficient (Wildman–Crippen LogP) is 2.07. The number of carbonyl (C=O) groups excluding carboxylic acids is 1. The van der Waals surface area contributed by atoms with E-state index in [9.17, 15) is 9.90 Å². The molecule has 5 heteroatoms. The van der Waals surface area contributed by atoms with Gasteiger partial charge in [0.05, 0.1) is 7.11 Å². The Labute approximate surface area is 111 Å². The van der Waals surface area contributed by atoms with Crippen molar-refractivity contribution in [1.29, 1.82) is 0 Å². The molecule has 2 aromatic rings. The van der Waals surface area contributed by atoms with Crippen LogP contribution in [0.15, 0.2) is 42.5 Å². The Balaban J connectivity index is 2.25. The van der Waals surface area contributed by atoms with E-state index in [2.05, 4.69) is 4.98 Å². The van der Waals surface area contributed by atoms with E-state index in [1.807, 2.05) is 0 Å². The average molecular weight is 258 g/mol. The fraction of sp³-hybridized carbons (Fsp3) is 0.143. The van der Waals surface area contributed by atoms with Gasteiger partial charge in [0.15, 0.2) is 0 Å². The number of anilines is 1. The SMILES string of the molecule is COc1cccc(C(=O)N(C)c2ccc(O)cc2)n1. The normalized spacial score (nSPS) is 10.0. The average Bonchev–Trinajstić information content (AvgIpc) is 2.46. The van der Waals surface area contributed by atoms with Crippen molar-refractivity contribution in [1.82, 2.24) is 4.98 Å². The van der Waals surface area contributed by atoms with Gasteiger partial charge in [0.1, 0.15) is 11.4 Å². The standard InChI is InChI=1S/C14H14N2O3/c1-16(10-6-8-11(17)9-7-10)14(18)12-4-3-5-13(15-12)19-2/h3-9,17H,1-2H3. The molecule has 1 N–H and O–H groups in total. The van der Waals surface area contributed by atoms with Crippen LogP contribution in [0.4, 0.5) is 5.69 Å². The van der Waals surface area contributed by atoms with E-state index in [0.29, 0.717) is 17.3 Å². The summed E-state index contributed by atoms with van der Waals surface area (Å²) in [7, 11) is 3.15. The van der Waals surface area contributed by atoms with Gasteiger partial charge in [-0.2, -0.15) is 0 Å². The molecule has 2 rings (SSSR count). The highest BCUT2D eigenvalue weighted by atomic mass is 16.5. The molecule has 0 spiro atoms. The molecule has 1 heterocycles. The fourth-order valence-electron chi connectivity index (χ4n) is 1.61. The molecule has 0 saturated carbocycles. The molecule has 98 valence electrons. The van der Waals surface area contributed by atoms with Crippen molar-refractivity contribution >= 4 is 11.6 Å². The number of carbonyl (C=O) groups is 1. The number of amides is 1. The van der Waals surface area contributed by atoms with Crippen molar-refractivity contribution in [2.24, 2.45) is 0 Å². The Morgan fingerprint density at radius 1 is 1.21 bits per heavy atom. The lowest BCUT2D eigenvalue weighted by atomic mass is 10.2. The second kappa shape index (κ2) is 5.39. The van der Waals surface area contributed by atoms with Crippen LogP contribution >= 0.6 is 0 Å². The highest BCUT2D eigenvalue weighted by molar-refractivity contribution is 6.04. The van der Waals surface area contributed by atoms with Gasteiger partial charge >= 0.3 is 0 Å². The first kappa shape index (κ1) is 12.9. The Kier molecular flexibility index (Phi) is 3.66. The molecule has 0 bridgehead atoms. The van der Waals surface area contributed by atoms with Crippen molar-refractivity contribution in [2.75, 3.05) is 19.1 Å². The van der Waals surface area contributed by atoms with Crippen LogP contribution < -0.4 is 9.64 Å². The molecule has 0 aliphatic rings. The van der Waals surface area contributed by atoms with Crippen LogP contribution in [0.25, 0.3) is 0 Å². The molecule has 19 heavy (non-hydrogen) atoms. The number of methoxy groups -OCH3 is 1. The molecule has 0 saturated heterocycles. The zero-order chi connectivity index (χ0) is 13.8. The van der Waals surface area contributed by atoms with Gasteiger partial charge in [-0.15, -0.1) is 0 Å². The lowest BCUT2D eigenvalue weighted by molar-refractivity contribution is 0.0987. The molecule has 0 fully saturated rings. The minimum atomic E-state index is -0.246. The number of hydrogen-bond acceptors (Lipinski definition) is 4. The van der Waals surface area contributed by atoms with Crippen LogP contribution in [0.2, 0.25) is 0 Å². The van der Waals surface area contributed by atoms with E-state index in [1.54, 1.807) is 37.4 Å². The Bertz CT molecular complexity index is 581. The van der Waals surface area contributed by atoms with Gasteiger partial charge < -0.3 is 14.7 Å². The van der Waals surface area contributed by atoms with Gasteiger partial charge in [0, 0.05) is 18.8 Å². The highest BCUT2D eigenvalue weighted by Gasteiger charge is 2.15. The predicted molar refractivity (Wildman–Crippen MR) is 71.6 cm³/mol. The van der Waals surface area contributed by atoms with Gasteiger partial charge in [0.25, 0.3) is 5.91 Å². The zero-order valence-electron chi connectivity index (χ0n) is 10.7. The summed E-state index contributed by atoms with van der Waals surface area (Å²) in [6.07, 6.45) is 0. The van der Waals surface area contributed by atoms with Crippen molar-refractivity contribution in [2.45, 2.75) is 0 Å². The molecular formula is C14H14N2O3. The number of benzene rings is 1. The van der Waals surface area contributed by atoms with Gasteiger partial charge in [0.2, 0.25) is 5.88 Å². The lowest BCUT2D eigenvalue weighted by Gasteiger charge is -2.17. The topological polar surface area (TPSA) is 62.7 Å². The maximum atomic E-state index is 12.2. The maximum absolute atomic E-state index is 12.2. The first-order valence-corrected chi connectivity index (χ1v) is 5.70. The third-order valence-corrected chi connectivity index (χ3v) is 2.69. The molecule has 0 radical (unpaired) electrons. The van der Waals surface area contributed by atoms with Crippen LogP contribution in [-0.2, 0) is 0 Å². The highest BCUT2D eigenvalue weighted by Crippen LogP contribution is 2.19. The number of aromatic hydroxyl groups is 1. The molecule has 0 atom stereocenters. The summed E-state index contributed by atoms with van der Waals surface area (Å²) in [4.78, 5) is 17.8. The van der Waals surface area contributed by atoms with E-state index in [4.69, 9.17) is 4.74 Å². The summed E-state index contributed by atoms with van der Waals surface area (Å²) in [5, 5.41) is 9.23. The number of phenols is 1. The van der Waals surface area contributed by atoms with E-state index < -0.39 is 0 Å². The number of ether oxygens (including phenoxy) is 1. The summed E-state index contributed by atoms with van der Waals surface area (Å²) >= 11 is 0. The Morgan fingerprint density at radius 3 is 2.53 bits per heavy atom. The zero-order valence-corrected chi connectivity index (χ0v) is 10.7. The van der Waals surface area contributed by atoms with Gasteiger partial charge in [-0.1, -0.05) is 6.07 Å². The van der Waals surface area contributed by atoms with Crippen molar-refractivity contribution in [3.63, 3.8) is 0 Å². The number of rotatable bonds is 3. The second-order valence-corrected chi connectivity index (χ2v) is 3.95. The molecular weight excluding hydrogens is 244 g/mol. The van der Waals surface area contributed by atoms with E-state index >= 15 is 0 Å². The minimum Gasteiger partial charge on any atom is -0.508 e. The molecule has 0 unspecified atom stereocenters. The molecule has 1 aromatic heterocycles. The fourth-order valence-corrected chi connectivity index (χ4v) is 1.61. The Morgan fingerprint density at radius 2 is 1.89 bits per heavy atom. The second-order valence-electron chi connectivity index (χ2n) is 3.95. The number of hydrogen-bond donors (Lipinski definition) is 1. The van der Waals surface area contributed by atoms with Crippen molar-refractivity contribution < 1.29 is 14.6 Å². The summed E-state index contributed by atoms with van der Waals surface area (Å²) in [5.41, 5.74) is 0.974. The molecule has 1 aromatic carbocycles. The van der Waals surface area contributed by atoms with E-state index in [1.165, 1.54) is 24.1 Å². The monoisotopic (exact) mass is 258 g/mol. The number of aromatic nitrogens is 1. The van der Waals surface area contributed by atoms with E-state index in [0.717, 1.165) is 0 Å². The van der Waals surface area contributed by atoms with Gasteiger partial charge in [-0.3, -0.25) is 4.79 Å². The third-order valence-electron chi connectivity index (χ3n) is 2.69. The quantitative estimate of drug-likeness (QED) is 0.915. The van der Waals surface area contributed by atoms with Crippen molar-refractivity contribution in [3.05, 3.63) is 48.2 Å². The molecule has 0 aliphatic heterocycles.